The summed E-state index contributed by atoms with van der Waals surface area (Å²) in [5.74, 6) is -1.69. The molecule has 1 aliphatic rings. The second kappa shape index (κ2) is 9.05. The summed E-state index contributed by atoms with van der Waals surface area (Å²) in [4.78, 5) is 24.4. The third-order valence-electron chi connectivity index (χ3n) is 4.41. The predicted octanol–water partition coefficient (Wildman–Crippen LogP) is 4.42. The first-order chi connectivity index (χ1) is 14.3. The number of carbonyl (C=O) groups is 2. The number of alkyl halides is 3. The minimum Gasteiger partial charge on any atom is -0.325 e. The minimum atomic E-state index is -4.60. The lowest BCUT2D eigenvalue weighted by Gasteiger charge is -2.25. The normalized spacial score (nSPS) is 16.6. The highest BCUT2D eigenvalue weighted by Gasteiger charge is 2.34. The van der Waals surface area contributed by atoms with E-state index in [1.54, 1.807) is 12.1 Å². The van der Waals surface area contributed by atoms with Gasteiger partial charge in [0.25, 0.3) is 0 Å². The van der Waals surface area contributed by atoms with Crippen molar-refractivity contribution in [1.29, 1.82) is 5.26 Å². The SMILES string of the molecule is N#CC1=C(SCC(=O)Nc2ccccc2C(F)(F)F)NC(=O)C[C@H]1c1ccccc1. The summed E-state index contributed by atoms with van der Waals surface area (Å²) in [6.07, 6.45) is -4.50. The van der Waals surface area contributed by atoms with Crippen molar-refractivity contribution in [3.05, 3.63) is 76.3 Å². The largest absolute Gasteiger partial charge is 0.418 e. The Morgan fingerprint density at radius 1 is 1.17 bits per heavy atom. The first-order valence-corrected chi connectivity index (χ1v) is 9.86. The smallest absolute Gasteiger partial charge is 0.325 e. The number of allylic oxidation sites excluding steroid dienone is 1. The molecule has 30 heavy (non-hydrogen) atoms. The van der Waals surface area contributed by atoms with Crippen molar-refractivity contribution in [2.24, 2.45) is 0 Å². The zero-order valence-electron chi connectivity index (χ0n) is 15.5. The van der Waals surface area contributed by atoms with Crippen LogP contribution in [0.3, 0.4) is 0 Å². The Balaban J connectivity index is 1.76. The number of rotatable bonds is 5. The second-order valence-corrected chi connectivity index (χ2v) is 7.44. The fourth-order valence-electron chi connectivity index (χ4n) is 3.07. The van der Waals surface area contributed by atoms with E-state index < -0.39 is 23.6 Å². The molecule has 1 heterocycles. The van der Waals surface area contributed by atoms with Gasteiger partial charge in [-0.05, 0) is 17.7 Å². The van der Waals surface area contributed by atoms with E-state index in [1.165, 1.54) is 18.2 Å². The number of halogens is 3. The van der Waals surface area contributed by atoms with Gasteiger partial charge in [0.15, 0.2) is 0 Å². The summed E-state index contributed by atoms with van der Waals surface area (Å²) in [5, 5.41) is 14.7. The van der Waals surface area contributed by atoms with Gasteiger partial charge in [-0.1, -0.05) is 54.2 Å². The maximum Gasteiger partial charge on any atom is 0.418 e. The van der Waals surface area contributed by atoms with Gasteiger partial charge in [0.05, 0.1) is 33.7 Å². The summed E-state index contributed by atoms with van der Waals surface area (Å²) in [7, 11) is 0. The van der Waals surface area contributed by atoms with Crippen LogP contribution >= 0.6 is 11.8 Å². The van der Waals surface area contributed by atoms with Crippen LogP contribution in [0.4, 0.5) is 18.9 Å². The van der Waals surface area contributed by atoms with Gasteiger partial charge in [-0.2, -0.15) is 18.4 Å². The number of nitrogens with one attached hydrogen (secondary N) is 2. The molecule has 2 amide bonds. The van der Waals surface area contributed by atoms with Crippen LogP contribution < -0.4 is 10.6 Å². The van der Waals surface area contributed by atoms with Crippen LogP contribution in [0, 0.1) is 11.3 Å². The average Bonchev–Trinajstić information content (AvgIpc) is 2.72. The fourth-order valence-corrected chi connectivity index (χ4v) is 3.94. The van der Waals surface area contributed by atoms with Crippen molar-refractivity contribution in [2.75, 3.05) is 11.1 Å². The van der Waals surface area contributed by atoms with Crippen molar-refractivity contribution < 1.29 is 22.8 Å². The van der Waals surface area contributed by atoms with E-state index in [0.717, 1.165) is 23.4 Å². The van der Waals surface area contributed by atoms with Gasteiger partial charge in [0.1, 0.15) is 0 Å². The second-order valence-electron chi connectivity index (χ2n) is 6.45. The zero-order chi connectivity index (χ0) is 21.7. The molecule has 1 aliphatic heterocycles. The van der Waals surface area contributed by atoms with Crippen LogP contribution in [0.15, 0.2) is 65.2 Å². The van der Waals surface area contributed by atoms with Gasteiger partial charge in [0, 0.05) is 12.3 Å². The van der Waals surface area contributed by atoms with Gasteiger partial charge in [-0.25, -0.2) is 0 Å². The predicted molar refractivity (Wildman–Crippen MR) is 107 cm³/mol. The third-order valence-corrected chi connectivity index (χ3v) is 5.43. The molecule has 0 saturated heterocycles. The van der Waals surface area contributed by atoms with Crippen LogP contribution in [-0.2, 0) is 15.8 Å². The Morgan fingerprint density at radius 3 is 2.50 bits per heavy atom. The number of nitrogens with zero attached hydrogens (tertiary/aromatic N) is 1. The topological polar surface area (TPSA) is 82.0 Å². The molecular formula is C21H16F3N3O2S. The molecular weight excluding hydrogens is 415 g/mol. The molecule has 0 spiro atoms. The first-order valence-electron chi connectivity index (χ1n) is 8.87. The zero-order valence-corrected chi connectivity index (χ0v) is 16.3. The highest BCUT2D eigenvalue weighted by molar-refractivity contribution is 8.03. The van der Waals surface area contributed by atoms with E-state index in [1.807, 2.05) is 18.2 Å². The third kappa shape index (κ3) is 5.02. The highest BCUT2D eigenvalue weighted by atomic mass is 32.2. The maximum atomic E-state index is 13.1. The van der Waals surface area contributed by atoms with Gasteiger partial charge < -0.3 is 10.6 Å². The molecule has 1 atom stereocenters. The number of hydrogen-bond donors (Lipinski definition) is 2. The molecule has 5 nitrogen and oxygen atoms in total. The number of carbonyl (C=O) groups excluding carboxylic acids is 2. The van der Waals surface area contributed by atoms with Crippen molar-refractivity contribution in [3.8, 4) is 6.07 Å². The Labute approximate surface area is 175 Å². The van der Waals surface area contributed by atoms with Crippen molar-refractivity contribution in [1.82, 2.24) is 5.32 Å². The fraction of sp³-hybridized carbons (Fsp3) is 0.190. The summed E-state index contributed by atoms with van der Waals surface area (Å²) in [6, 6.07) is 15.8. The number of para-hydroxylation sites is 1. The lowest BCUT2D eigenvalue weighted by atomic mass is 9.87. The summed E-state index contributed by atoms with van der Waals surface area (Å²) in [5.41, 5.74) is -0.185. The molecule has 0 radical (unpaired) electrons. The monoisotopic (exact) mass is 431 g/mol. The maximum absolute atomic E-state index is 13.1. The van der Waals surface area contributed by atoms with E-state index in [9.17, 15) is 28.0 Å². The highest BCUT2D eigenvalue weighted by Crippen LogP contribution is 2.37. The number of amides is 2. The Kier molecular flexibility index (Phi) is 6.47. The van der Waals surface area contributed by atoms with Crippen LogP contribution in [0.1, 0.15) is 23.5 Å². The van der Waals surface area contributed by atoms with Crippen LogP contribution in [-0.4, -0.2) is 17.6 Å². The quantitative estimate of drug-likeness (QED) is 0.735. The molecule has 3 rings (SSSR count). The summed E-state index contributed by atoms with van der Waals surface area (Å²) in [6.45, 7) is 0. The average molecular weight is 431 g/mol. The Morgan fingerprint density at radius 2 is 1.83 bits per heavy atom. The van der Waals surface area contributed by atoms with E-state index in [2.05, 4.69) is 16.7 Å². The molecule has 154 valence electrons. The minimum absolute atomic E-state index is 0.0993. The van der Waals surface area contributed by atoms with Gasteiger partial charge in [0.2, 0.25) is 11.8 Å². The van der Waals surface area contributed by atoms with Crippen molar-refractivity contribution in [3.63, 3.8) is 0 Å². The summed E-state index contributed by atoms with van der Waals surface area (Å²) >= 11 is 0.905. The molecule has 9 heteroatoms. The van der Waals surface area contributed by atoms with E-state index >= 15 is 0 Å². The molecule has 0 aromatic heterocycles. The van der Waals surface area contributed by atoms with Crippen LogP contribution in [0.5, 0.6) is 0 Å². The Bertz CT molecular complexity index is 1030. The van der Waals surface area contributed by atoms with Crippen LogP contribution in [0.25, 0.3) is 0 Å². The lowest BCUT2D eigenvalue weighted by molar-refractivity contribution is -0.137. The molecule has 2 aromatic rings. The van der Waals surface area contributed by atoms with E-state index in [4.69, 9.17) is 0 Å². The first kappa shape index (κ1) is 21.5. The van der Waals surface area contributed by atoms with Crippen molar-refractivity contribution >= 4 is 29.3 Å². The molecule has 0 fully saturated rings. The Hall–Kier alpha value is -3.25. The number of benzene rings is 2. The number of hydrogen-bond acceptors (Lipinski definition) is 4. The number of thioether (sulfide) groups is 1. The number of anilines is 1. The molecule has 2 aromatic carbocycles. The van der Waals surface area contributed by atoms with E-state index in [0.29, 0.717) is 5.57 Å². The molecule has 0 aliphatic carbocycles. The van der Waals surface area contributed by atoms with Gasteiger partial charge in [-0.3, -0.25) is 9.59 Å². The molecule has 2 N–H and O–H groups in total. The number of nitriles is 1. The van der Waals surface area contributed by atoms with Gasteiger partial charge >= 0.3 is 6.18 Å². The standard InChI is InChI=1S/C21H16F3N3O2S/c22-21(23,24)16-8-4-5-9-17(16)26-19(29)12-30-20-15(11-25)14(10-18(28)27-20)13-6-2-1-3-7-13/h1-9,14H,10,12H2,(H,26,29)(H,27,28)/t14-/m0/s1. The molecule has 0 saturated carbocycles. The van der Waals surface area contributed by atoms with E-state index in [-0.39, 0.29) is 28.8 Å². The molecule has 0 bridgehead atoms. The lowest BCUT2D eigenvalue weighted by Crippen LogP contribution is -2.31. The van der Waals surface area contributed by atoms with Crippen LogP contribution in [0.2, 0.25) is 0 Å². The van der Waals surface area contributed by atoms with Crippen molar-refractivity contribution in [2.45, 2.75) is 18.5 Å². The van der Waals surface area contributed by atoms with Gasteiger partial charge in [-0.15, -0.1) is 0 Å². The molecule has 0 unspecified atom stereocenters. The summed E-state index contributed by atoms with van der Waals surface area (Å²) < 4.78 is 39.2.